The number of methoxy groups -OCH3 is 1. The van der Waals surface area contributed by atoms with Crippen LogP contribution in [0.3, 0.4) is 0 Å². The molecule has 1 heterocycles. The molecule has 0 saturated heterocycles. The van der Waals surface area contributed by atoms with Crippen LogP contribution in [0.15, 0.2) is 78.9 Å². The van der Waals surface area contributed by atoms with E-state index in [1.165, 1.54) is 6.42 Å². The van der Waals surface area contributed by atoms with Gasteiger partial charge in [-0.05, 0) is 48.2 Å². The van der Waals surface area contributed by atoms with Crippen LogP contribution in [0.1, 0.15) is 49.3 Å². The number of hydrogen-bond donors (Lipinski definition) is 1. The van der Waals surface area contributed by atoms with Crippen LogP contribution in [0.5, 0.6) is 5.75 Å². The number of carbonyl (C=O) groups is 2. The van der Waals surface area contributed by atoms with Crippen LogP contribution < -0.4 is 10.1 Å². The van der Waals surface area contributed by atoms with E-state index in [9.17, 15) is 9.59 Å². The first kappa shape index (κ1) is 25.4. The SMILES string of the molecule is COc1cccc(C(C(=O)NC2CCCCC2)N(Cc2ccccc2)C(=O)Cn2nnc3ccccc32)c1. The summed E-state index contributed by atoms with van der Waals surface area (Å²) in [5.41, 5.74) is 3.12. The average Bonchev–Trinajstić information content (AvgIpc) is 3.36. The van der Waals surface area contributed by atoms with Gasteiger partial charge in [0.1, 0.15) is 23.9 Å². The summed E-state index contributed by atoms with van der Waals surface area (Å²) in [7, 11) is 1.60. The lowest BCUT2D eigenvalue weighted by molar-refractivity contribution is -0.142. The number of rotatable bonds is 9. The maximum Gasteiger partial charge on any atom is 0.247 e. The predicted octanol–water partition coefficient (Wildman–Crippen LogP) is 4.66. The van der Waals surface area contributed by atoms with Gasteiger partial charge in [0.05, 0.1) is 12.6 Å². The normalized spacial score (nSPS) is 14.7. The van der Waals surface area contributed by atoms with Gasteiger partial charge in [0.2, 0.25) is 11.8 Å². The first-order chi connectivity index (χ1) is 18.6. The Morgan fingerprint density at radius 1 is 1.00 bits per heavy atom. The lowest BCUT2D eigenvalue weighted by Crippen LogP contribution is -2.47. The molecule has 0 aliphatic heterocycles. The molecule has 0 radical (unpaired) electrons. The van der Waals surface area contributed by atoms with Crippen LogP contribution in [0.4, 0.5) is 0 Å². The quantitative estimate of drug-likeness (QED) is 0.353. The summed E-state index contributed by atoms with van der Waals surface area (Å²) in [5.74, 6) is 0.223. The van der Waals surface area contributed by atoms with E-state index < -0.39 is 6.04 Å². The molecule has 1 saturated carbocycles. The van der Waals surface area contributed by atoms with Crippen molar-refractivity contribution in [1.82, 2.24) is 25.2 Å². The van der Waals surface area contributed by atoms with Gasteiger partial charge in [0.25, 0.3) is 0 Å². The van der Waals surface area contributed by atoms with Gasteiger partial charge < -0.3 is 15.0 Å². The highest BCUT2D eigenvalue weighted by molar-refractivity contribution is 5.89. The predicted molar refractivity (Wildman–Crippen MR) is 145 cm³/mol. The Hall–Kier alpha value is -4.20. The summed E-state index contributed by atoms with van der Waals surface area (Å²) in [6, 6.07) is 23.9. The lowest BCUT2D eigenvalue weighted by atomic mass is 9.94. The van der Waals surface area contributed by atoms with E-state index in [2.05, 4.69) is 15.6 Å². The molecular formula is C30H33N5O3. The van der Waals surface area contributed by atoms with Gasteiger partial charge in [0.15, 0.2) is 0 Å². The molecule has 1 aliphatic rings. The van der Waals surface area contributed by atoms with E-state index in [-0.39, 0.29) is 30.9 Å². The molecule has 1 atom stereocenters. The number of ether oxygens (including phenoxy) is 1. The molecule has 1 N–H and O–H groups in total. The molecule has 3 aromatic carbocycles. The highest BCUT2D eigenvalue weighted by Crippen LogP contribution is 2.28. The third-order valence-electron chi connectivity index (χ3n) is 7.14. The number of carbonyl (C=O) groups excluding carboxylic acids is 2. The van der Waals surface area contributed by atoms with Gasteiger partial charge in [-0.15, -0.1) is 5.10 Å². The second-order valence-electron chi connectivity index (χ2n) is 9.77. The van der Waals surface area contributed by atoms with Crippen LogP contribution in [0.25, 0.3) is 11.0 Å². The largest absolute Gasteiger partial charge is 0.497 e. The Morgan fingerprint density at radius 2 is 1.76 bits per heavy atom. The van der Waals surface area contributed by atoms with Crippen molar-refractivity contribution < 1.29 is 14.3 Å². The zero-order chi connectivity index (χ0) is 26.3. The minimum Gasteiger partial charge on any atom is -0.497 e. The van der Waals surface area contributed by atoms with Crippen LogP contribution >= 0.6 is 0 Å². The number of benzene rings is 3. The van der Waals surface area contributed by atoms with E-state index in [1.54, 1.807) is 16.7 Å². The Morgan fingerprint density at radius 3 is 2.55 bits per heavy atom. The molecule has 0 spiro atoms. The van der Waals surface area contributed by atoms with Crippen molar-refractivity contribution in [3.05, 3.63) is 90.0 Å². The maximum atomic E-state index is 14.1. The van der Waals surface area contributed by atoms with E-state index >= 15 is 0 Å². The number of amides is 2. The number of nitrogens with zero attached hydrogens (tertiary/aromatic N) is 4. The van der Waals surface area contributed by atoms with Crippen molar-refractivity contribution in [2.24, 2.45) is 0 Å². The Kier molecular flexibility index (Phi) is 7.97. The van der Waals surface area contributed by atoms with Crippen molar-refractivity contribution in [1.29, 1.82) is 0 Å². The van der Waals surface area contributed by atoms with Gasteiger partial charge in [0, 0.05) is 12.6 Å². The number of aromatic nitrogens is 3. The van der Waals surface area contributed by atoms with E-state index in [0.29, 0.717) is 16.8 Å². The summed E-state index contributed by atoms with van der Waals surface area (Å²) in [4.78, 5) is 29.7. The molecule has 8 heteroatoms. The monoisotopic (exact) mass is 511 g/mol. The average molecular weight is 512 g/mol. The minimum atomic E-state index is -0.838. The molecule has 4 aromatic rings. The molecule has 38 heavy (non-hydrogen) atoms. The number of hydrogen-bond acceptors (Lipinski definition) is 5. The van der Waals surface area contributed by atoms with Crippen LogP contribution in [0, 0.1) is 0 Å². The smallest absolute Gasteiger partial charge is 0.247 e. The van der Waals surface area contributed by atoms with Crippen LogP contribution in [-0.2, 0) is 22.7 Å². The lowest BCUT2D eigenvalue weighted by Gasteiger charge is -2.33. The first-order valence-corrected chi connectivity index (χ1v) is 13.2. The molecule has 0 bridgehead atoms. The second-order valence-corrected chi connectivity index (χ2v) is 9.77. The molecule has 1 unspecified atom stereocenters. The first-order valence-electron chi connectivity index (χ1n) is 13.2. The summed E-state index contributed by atoms with van der Waals surface area (Å²) >= 11 is 0. The highest BCUT2D eigenvalue weighted by Gasteiger charge is 2.33. The van der Waals surface area contributed by atoms with Crippen molar-refractivity contribution >= 4 is 22.8 Å². The number of fused-ring (bicyclic) bond motifs is 1. The van der Waals surface area contributed by atoms with Crippen LogP contribution in [-0.4, -0.2) is 44.9 Å². The minimum absolute atomic E-state index is 0.0372. The van der Waals surface area contributed by atoms with Gasteiger partial charge in [-0.25, -0.2) is 4.68 Å². The maximum absolute atomic E-state index is 14.1. The summed E-state index contributed by atoms with van der Waals surface area (Å²) in [6.45, 7) is 0.233. The van der Waals surface area contributed by atoms with Gasteiger partial charge in [-0.3, -0.25) is 9.59 Å². The molecule has 196 valence electrons. The molecule has 8 nitrogen and oxygen atoms in total. The van der Waals surface area contributed by atoms with E-state index in [0.717, 1.165) is 36.8 Å². The Bertz CT molecular complexity index is 1380. The summed E-state index contributed by atoms with van der Waals surface area (Å²) < 4.78 is 7.06. The van der Waals surface area contributed by atoms with E-state index in [1.807, 2.05) is 78.9 Å². The van der Waals surface area contributed by atoms with Crippen LogP contribution in [0.2, 0.25) is 0 Å². The van der Waals surface area contributed by atoms with E-state index in [4.69, 9.17) is 4.74 Å². The standard InChI is InChI=1S/C30H33N5O3/c1-38-25-16-10-13-23(19-25)29(30(37)31-24-14-6-3-7-15-24)34(20-22-11-4-2-5-12-22)28(36)21-35-27-18-9-8-17-26(27)32-33-35/h2,4-5,8-13,16-19,24,29H,3,6-7,14-15,20-21H2,1H3,(H,31,37). The molecule has 2 amide bonds. The van der Waals surface area contributed by atoms with Crippen molar-refractivity contribution in [3.63, 3.8) is 0 Å². The van der Waals surface area contributed by atoms with Gasteiger partial charge >= 0.3 is 0 Å². The third-order valence-corrected chi connectivity index (χ3v) is 7.14. The molecule has 1 fully saturated rings. The third kappa shape index (κ3) is 5.85. The fourth-order valence-corrected chi connectivity index (χ4v) is 5.17. The topological polar surface area (TPSA) is 89.4 Å². The Balaban J connectivity index is 1.52. The van der Waals surface area contributed by atoms with Crippen molar-refractivity contribution in [2.75, 3.05) is 7.11 Å². The zero-order valence-electron chi connectivity index (χ0n) is 21.6. The zero-order valence-corrected chi connectivity index (χ0v) is 21.6. The summed E-state index contributed by atoms with van der Waals surface area (Å²) in [5, 5.41) is 11.7. The van der Waals surface area contributed by atoms with Crippen molar-refractivity contribution in [2.45, 2.75) is 57.3 Å². The summed E-state index contributed by atoms with van der Waals surface area (Å²) in [6.07, 6.45) is 5.29. The second kappa shape index (κ2) is 11.9. The number of nitrogens with one attached hydrogen (secondary N) is 1. The highest BCUT2D eigenvalue weighted by atomic mass is 16.5. The fraction of sp³-hybridized carbons (Fsp3) is 0.333. The number of para-hydroxylation sites is 1. The van der Waals surface area contributed by atoms with Gasteiger partial charge in [-0.2, -0.15) is 0 Å². The Labute approximate surface area is 222 Å². The molecular weight excluding hydrogens is 478 g/mol. The fourth-order valence-electron chi connectivity index (χ4n) is 5.17. The molecule has 1 aliphatic carbocycles. The van der Waals surface area contributed by atoms with Gasteiger partial charge in [-0.1, -0.05) is 79.1 Å². The molecule has 1 aromatic heterocycles. The molecule has 5 rings (SSSR count). The van der Waals surface area contributed by atoms with Crippen molar-refractivity contribution in [3.8, 4) is 5.75 Å².